The number of hydrogen-bond acceptors (Lipinski definition) is 9. The van der Waals surface area contributed by atoms with Gasteiger partial charge in [0.05, 0.1) is 10.5 Å². The molecular weight excluding hydrogens is 734 g/mol. The minimum absolute atomic E-state index is 0.0116. The zero-order valence-corrected chi connectivity index (χ0v) is 29.7. The lowest BCUT2D eigenvalue weighted by atomic mass is 9.91. The average Bonchev–Trinajstić information content (AvgIpc) is 3.13. The van der Waals surface area contributed by atoms with Crippen molar-refractivity contribution in [1.82, 2.24) is 9.80 Å². The Morgan fingerprint density at radius 3 is 1.94 bits per heavy atom. The Hall–Kier alpha value is -5.99. The first-order valence-corrected chi connectivity index (χ1v) is 17.0. The van der Waals surface area contributed by atoms with Crippen molar-refractivity contribution in [1.29, 1.82) is 0 Å². The summed E-state index contributed by atoms with van der Waals surface area (Å²) in [5, 5.41) is 26.6. The number of rotatable bonds is 9. The summed E-state index contributed by atoms with van der Waals surface area (Å²) in [6.45, 7) is 3.72. The highest BCUT2D eigenvalue weighted by Gasteiger charge is 2.36. The fraction of sp³-hybridized carbons (Fsp3) is 0.184. The summed E-state index contributed by atoms with van der Waals surface area (Å²) in [6.07, 6.45) is 0.197. The van der Waals surface area contributed by atoms with Crippen LogP contribution in [-0.4, -0.2) is 69.1 Å². The Balaban J connectivity index is 0.000000198. The molecule has 0 atom stereocenters. The molecule has 0 spiro atoms. The topological polar surface area (TPSA) is 193 Å². The number of aliphatic hydroxyl groups excluding tert-OH is 1. The van der Waals surface area contributed by atoms with E-state index in [0.717, 1.165) is 30.8 Å². The van der Waals surface area contributed by atoms with Crippen molar-refractivity contribution in [3.8, 4) is 0 Å². The molecule has 5 aromatic carbocycles. The van der Waals surface area contributed by atoms with Gasteiger partial charge < -0.3 is 16.2 Å². The van der Waals surface area contributed by atoms with Crippen LogP contribution in [0.3, 0.4) is 0 Å². The number of carbonyl (C=O) groups is 5. The number of benzene rings is 5. The molecule has 13 nitrogen and oxygen atoms in total. The molecule has 2 heterocycles. The van der Waals surface area contributed by atoms with Gasteiger partial charge in [0.25, 0.3) is 29.3 Å². The molecule has 2 aliphatic heterocycles. The molecule has 0 saturated carbocycles. The maximum absolute atomic E-state index is 13.1. The third-order valence-electron chi connectivity index (χ3n) is 9.25. The minimum Gasteiger partial charge on any atom is -0.396 e. The molecule has 0 aliphatic carbocycles. The summed E-state index contributed by atoms with van der Waals surface area (Å²) in [7, 11) is 0. The molecule has 0 saturated heterocycles. The zero-order valence-electron chi connectivity index (χ0n) is 28.1. The van der Waals surface area contributed by atoms with Gasteiger partial charge in [-0.3, -0.25) is 43.9 Å². The molecule has 4 N–H and O–H groups in total. The molecule has 14 heteroatoms. The van der Waals surface area contributed by atoms with E-state index in [1.807, 2.05) is 38.1 Å². The number of nitrogens with one attached hydrogen (secondary N) is 1. The molecule has 52 heavy (non-hydrogen) atoms. The second-order valence-corrected chi connectivity index (χ2v) is 13.2. The van der Waals surface area contributed by atoms with E-state index in [4.69, 9.17) is 10.8 Å². The monoisotopic (exact) mass is 765 g/mol. The third-order valence-corrected chi connectivity index (χ3v) is 10.1. The van der Waals surface area contributed by atoms with Crippen molar-refractivity contribution in [2.24, 2.45) is 5.73 Å². The first-order valence-electron chi connectivity index (χ1n) is 16.3. The summed E-state index contributed by atoms with van der Waals surface area (Å²) in [5.41, 5.74) is 9.03. The highest BCUT2D eigenvalue weighted by atomic mass is 79.9. The van der Waals surface area contributed by atoms with E-state index in [1.165, 1.54) is 6.07 Å². The van der Waals surface area contributed by atoms with Crippen LogP contribution < -0.4 is 11.1 Å². The number of carbonyl (C=O) groups excluding carboxylic acids is 5. The fourth-order valence-electron chi connectivity index (χ4n) is 6.47. The molecule has 7 rings (SSSR count). The van der Waals surface area contributed by atoms with Gasteiger partial charge in [0, 0.05) is 75.2 Å². The lowest BCUT2D eigenvalue weighted by molar-refractivity contribution is -0.383. The first kappa shape index (κ1) is 35.8. The van der Waals surface area contributed by atoms with Gasteiger partial charge >= 0.3 is 0 Å². The molecule has 0 fully saturated rings. The minimum atomic E-state index is -0.600. The van der Waals surface area contributed by atoms with Gasteiger partial charge in [-0.25, -0.2) is 0 Å². The summed E-state index contributed by atoms with van der Waals surface area (Å²) >= 11 is 3.48. The Morgan fingerprint density at radius 2 is 1.37 bits per heavy atom. The standard InChI is InChI=1S/C23H20BrN3O5.C15H12N2O3/c1-12-13(2)18(8-7-17(12)24)25-21-14-5-3-6-15-20(14)16(11-19(21)27(31)32)23(30)26(22(15)29)9-4-10-28;16-12(18)7-8-17-14(19)10-5-1-3-9-4-2-6-11(13(9)10)15(17)20/h3,5-8,11,25,28H,4,9-10H2,1-2H3;1-6H,7-8H2,(H2,16,18). The van der Waals surface area contributed by atoms with E-state index in [-0.39, 0.29) is 61.3 Å². The van der Waals surface area contributed by atoms with E-state index in [0.29, 0.717) is 38.5 Å². The number of aliphatic hydroxyl groups is 1. The van der Waals surface area contributed by atoms with Crippen LogP contribution in [0.1, 0.15) is 65.4 Å². The van der Waals surface area contributed by atoms with Crippen LogP contribution >= 0.6 is 15.9 Å². The van der Waals surface area contributed by atoms with Crippen LogP contribution in [0, 0.1) is 24.0 Å². The Bertz CT molecular complexity index is 2330. The summed E-state index contributed by atoms with van der Waals surface area (Å²) in [5.74, 6) is -2.36. The van der Waals surface area contributed by atoms with Crippen LogP contribution in [0.5, 0.6) is 0 Å². The van der Waals surface area contributed by atoms with Crippen molar-refractivity contribution < 1.29 is 34.0 Å². The van der Waals surface area contributed by atoms with Gasteiger partial charge in [-0.15, -0.1) is 0 Å². The van der Waals surface area contributed by atoms with E-state index in [2.05, 4.69) is 21.2 Å². The van der Waals surface area contributed by atoms with Gasteiger partial charge in [0.1, 0.15) is 5.69 Å². The van der Waals surface area contributed by atoms with Crippen LogP contribution in [0.4, 0.5) is 17.1 Å². The fourth-order valence-corrected chi connectivity index (χ4v) is 6.90. The van der Waals surface area contributed by atoms with Crippen LogP contribution in [-0.2, 0) is 4.79 Å². The summed E-state index contributed by atoms with van der Waals surface area (Å²) in [6, 6.07) is 20.5. The van der Waals surface area contributed by atoms with Crippen molar-refractivity contribution in [2.75, 3.05) is 25.0 Å². The van der Waals surface area contributed by atoms with E-state index < -0.39 is 22.6 Å². The quantitative estimate of drug-likeness (QED) is 0.0895. The Labute approximate surface area is 305 Å². The molecular formula is C38H32BrN5O8. The molecule has 0 unspecified atom stereocenters. The predicted octanol–water partition coefficient (Wildman–Crippen LogP) is 6.16. The van der Waals surface area contributed by atoms with E-state index in [9.17, 15) is 34.1 Å². The van der Waals surface area contributed by atoms with Crippen LogP contribution in [0.2, 0.25) is 0 Å². The lowest BCUT2D eigenvalue weighted by Crippen LogP contribution is -2.41. The Morgan fingerprint density at radius 1 is 0.808 bits per heavy atom. The predicted molar refractivity (Wildman–Crippen MR) is 198 cm³/mol. The maximum Gasteiger partial charge on any atom is 0.294 e. The first-order chi connectivity index (χ1) is 24.8. The normalized spacial score (nSPS) is 13.4. The molecule has 0 bridgehead atoms. The van der Waals surface area contributed by atoms with Gasteiger partial charge in [-0.2, -0.15) is 0 Å². The maximum atomic E-state index is 13.1. The number of nitrogens with zero attached hydrogens (tertiary/aromatic N) is 3. The lowest BCUT2D eigenvalue weighted by Gasteiger charge is -2.27. The molecule has 0 aromatic heterocycles. The number of hydrogen-bond donors (Lipinski definition) is 3. The number of halogens is 1. The van der Waals surface area contributed by atoms with Crippen LogP contribution in [0.25, 0.3) is 21.5 Å². The molecule has 5 aromatic rings. The molecule has 5 amide bonds. The molecule has 2 aliphatic rings. The number of imide groups is 2. The van der Waals surface area contributed by atoms with E-state index in [1.54, 1.807) is 42.5 Å². The van der Waals surface area contributed by atoms with Gasteiger partial charge in [0.2, 0.25) is 5.91 Å². The summed E-state index contributed by atoms with van der Waals surface area (Å²) in [4.78, 5) is 75.3. The van der Waals surface area contributed by atoms with Gasteiger partial charge in [0.15, 0.2) is 0 Å². The van der Waals surface area contributed by atoms with Crippen molar-refractivity contribution >= 4 is 84.1 Å². The number of amides is 5. The number of anilines is 2. The second-order valence-electron chi connectivity index (χ2n) is 12.3. The number of nitro benzene ring substituents is 1. The number of nitrogens with two attached hydrogens (primary N) is 1. The van der Waals surface area contributed by atoms with Gasteiger partial charge in [-0.05, 0) is 67.1 Å². The van der Waals surface area contributed by atoms with Crippen molar-refractivity contribution in [3.63, 3.8) is 0 Å². The van der Waals surface area contributed by atoms with Crippen LogP contribution in [0.15, 0.2) is 77.3 Å². The smallest absolute Gasteiger partial charge is 0.294 e. The van der Waals surface area contributed by atoms with E-state index >= 15 is 0 Å². The van der Waals surface area contributed by atoms with Crippen molar-refractivity contribution in [2.45, 2.75) is 26.7 Å². The number of primary amides is 1. The zero-order chi connectivity index (χ0) is 37.4. The summed E-state index contributed by atoms with van der Waals surface area (Å²) < 4.78 is 0.922. The highest BCUT2D eigenvalue weighted by Crippen LogP contribution is 2.42. The average molecular weight is 767 g/mol. The van der Waals surface area contributed by atoms with Gasteiger partial charge in [-0.1, -0.05) is 52.3 Å². The van der Waals surface area contributed by atoms with Crippen molar-refractivity contribution in [3.05, 3.63) is 121 Å². The third kappa shape index (κ3) is 6.26. The molecule has 0 radical (unpaired) electrons. The second kappa shape index (κ2) is 14.3. The highest BCUT2D eigenvalue weighted by molar-refractivity contribution is 9.10. The Kier molecular flexibility index (Phi) is 9.87. The largest absolute Gasteiger partial charge is 0.396 e. The molecule has 264 valence electrons. The number of nitro groups is 1. The SMILES string of the molecule is Cc1c(Br)ccc(Nc2c([N+](=O)[O-])cc3c4c(cccc24)C(=O)N(CCCO)C3=O)c1C.NC(=O)CCN1C(=O)c2cccc3cccc(c23)C1=O.